The molecule has 0 fully saturated rings. The van der Waals surface area contributed by atoms with Crippen molar-refractivity contribution in [1.82, 2.24) is 29.9 Å². The van der Waals surface area contributed by atoms with Gasteiger partial charge in [-0.3, -0.25) is 0 Å². The molecule has 0 amide bonds. The van der Waals surface area contributed by atoms with Gasteiger partial charge >= 0.3 is 0 Å². The molecule has 0 saturated heterocycles. The number of aromatic nitrogens is 6. The van der Waals surface area contributed by atoms with Crippen molar-refractivity contribution >= 4 is 0 Å². The van der Waals surface area contributed by atoms with Crippen LogP contribution in [0.5, 0.6) is 11.5 Å². The highest BCUT2D eigenvalue weighted by molar-refractivity contribution is 5.89. The average Bonchev–Trinajstić information content (AvgIpc) is 3.39. The van der Waals surface area contributed by atoms with Crippen LogP contribution in [0.1, 0.15) is 67.5 Å². The van der Waals surface area contributed by atoms with E-state index < -0.39 is 5.41 Å². The Kier molecular flexibility index (Phi) is 10.2. The Morgan fingerprint density at radius 2 is 0.573 bits per heavy atom. The molecular weight excluding hydrogens is 1000 g/mol. The van der Waals surface area contributed by atoms with Crippen LogP contribution >= 0.6 is 0 Å². The van der Waals surface area contributed by atoms with E-state index in [1.165, 1.54) is 55.6 Å². The van der Waals surface area contributed by atoms with Crippen LogP contribution in [0.25, 0.3) is 90.6 Å². The zero-order chi connectivity index (χ0) is 53.9. The Balaban J connectivity index is 0.749. The number of fused-ring (bicyclic) bond motifs is 9. The third-order valence-corrected chi connectivity index (χ3v) is 17.2. The molecule has 0 saturated carbocycles. The van der Waals surface area contributed by atoms with Crippen LogP contribution in [0.2, 0.25) is 0 Å². The minimum atomic E-state index is -0.549. The van der Waals surface area contributed by atoms with Gasteiger partial charge in [0.15, 0.2) is 34.9 Å². The van der Waals surface area contributed by atoms with Crippen LogP contribution in [-0.4, -0.2) is 29.9 Å². The van der Waals surface area contributed by atoms with Crippen LogP contribution in [0.3, 0.4) is 0 Å². The van der Waals surface area contributed by atoms with Gasteiger partial charge in [-0.2, -0.15) is 0 Å². The number of para-hydroxylation sites is 1. The summed E-state index contributed by atoms with van der Waals surface area (Å²) in [6.45, 7) is 0. The van der Waals surface area contributed by atoms with E-state index in [2.05, 4.69) is 212 Å². The van der Waals surface area contributed by atoms with Crippen LogP contribution in [-0.2, 0) is 5.41 Å². The van der Waals surface area contributed by atoms with Crippen molar-refractivity contribution in [1.29, 1.82) is 0 Å². The lowest BCUT2D eigenvalue weighted by molar-refractivity contribution is 0.436. The second-order valence-corrected chi connectivity index (χ2v) is 21.6. The summed E-state index contributed by atoms with van der Waals surface area (Å²) in [6, 6.07) is 94.6. The van der Waals surface area contributed by atoms with E-state index in [1.807, 2.05) is 54.6 Å². The Morgan fingerprint density at radius 3 is 1.06 bits per heavy atom. The summed E-state index contributed by atoms with van der Waals surface area (Å²) in [5.41, 5.74) is 22.3. The van der Waals surface area contributed by atoms with E-state index in [1.54, 1.807) is 0 Å². The first-order chi connectivity index (χ1) is 40.6. The summed E-state index contributed by atoms with van der Waals surface area (Å²) in [5.74, 6) is 5.53. The number of benzene rings is 11. The van der Waals surface area contributed by atoms with E-state index >= 15 is 0 Å². The largest absolute Gasteiger partial charge is 0.457 e. The summed E-state index contributed by atoms with van der Waals surface area (Å²) >= 11 is 0. The number of rotatable bonds is 7. The first-order valence-corrected chi connectivity index (χ1v) is 27.9. The van der Waals surface area contributed by atoms with Crippen molar-refractivity contribution in [2.24, 2.45) is 0 Å². The van der Waals surface area contributed by atoms with Gasteiger partial charge in [0.25, 0.3) is 0 Å². The van der Waals surface area contributed by atoms with Crippen molar-refractivity contribution in [3.8, 4) is 102 Å². The molecule has 1 spiro atoms. The number of hydrogen-bond acceptors (Lipinski definition) is 7. The molecule has 5 aliphatic rings. The second-order valence-electron chi connectivity index (χ2n) is 21.6. The Bertz CT molecular complexity index is 4630. The van der Waals surface area contributed by atoms with Gasteiger partial charge in [-0.15, -0.1) is 0 Å². The maximum absolute atomic E-state index is 6.75. The summed E-state index contributed by atoms with van der Waals surface area (Å²) in [5, 5.41) is 0. The van der Waals surface area contributed by atoms with Gasteiger partial charge in [0.1, 0.15) is 11.5 Å². The highest BCUT2D eigenvalue weighted by Crippen LogP contribution is 2.63. The number of hydrogen-bond donors (Lipinski definition) is 0. The van der Waals surface area contributed by atoms with E-state index in [9.17, 15) is 0 Å². The molecule has 0 N–H and O–H groups in total. The van der Waals surface area contributed by atoms with Crippen molar-refractivity contribution in [2.75, 3.05) is 0 Å². The molecule has 4 aliphatic carbocycles. The SMILES string of the molecule is c1ccc(-c2nc(-c3ccccc3)nc(-c3ccc4c(c3)C3c5ccccc5C4c4cc(-c5nc(-c6ccccc6)nc(-c6ccc(-c7ccc8c(c7)C7(c9ccccc9O8)c8ccccc8-c8ccccc87)cc6)n5)ccc43)n2)cc1. The molecule has 11 aromatic carbocycles. The minimum absolute atomic E-state index is 0.00120. The van der Waals surface area contributed by atoms with Crippen molar-refractivity contribution in [2.45, 2.75) is 17.3 Å². The third kappa shape index (κ3) is 7.02. The Hall–Kier alpha value is -10.8. The van der Waals surface area contributed by atoms with Crippen LogP contribution < -0.4 is 4.74 Å². The molecule has 18 rings (SSSR count). The predicted octanol–water partition coefficient (Wildman–Crippen LogP) is 17.2. The quantitative estimate of drug-likeness (QED) is 0.157. The smallest absolute Gasteiger partial charge is 0.164 e. The maximum Gasteiger partial charge on any atom is 0.164 e. The first kappa shape index (κ1) is 46.2. The van der Waals surface area contributed by atoms with Crippen molar-refractivity contribution in [3.63, 3.8) is 0 Å². The van der Waals surface area contributed by atoms with Crippen LogP contribution in [0.4, 0.5) is 0 Å². The lowest BCUT2D eigenvalue weighted by Crippen LogP contribution is -2.32. The first-order valence-electron chi connectivity index (χ1n) is 27.9. The normalized spacial score (nSPS) is 15.0. The third-order valence-electron chi connectivity index (χ3n) is 17.2. The standard InChI is InChI=1S/C75H46N6O/c1-4-18-46(19-5-1)69-76-70(47-20-6-2-7-21-47)79-73(78-69)51-36-39-57-59(42-51)67-55-26-10-11-27-56(55)68(57)60-43-52(37-40-58(60)67)74-80-71(48-22-8-3-9-23-48)77-72(81-74)49-34-32-45(33-35-49)50-38-41-66-64(44-50)75(63-30-16-17-31-65(63)82-66)61-28-14-12-24-53(61)54-25-13-15-29-62(54)75/h1-44,67-68H. The summed E-state index contributed by atoms with van der Waals surface area (Å²) in [7, 11) is 0. The molecule has 1 aliphatic heterocycles. The Labute approximate surface area is 474 Å². The molecule has 7 heteroatoms. The molecule has 7 nitrogen and oxygen atoms in total. The molecule has 2 atom stereocenters. The van der Waals surface area contributed by atoms with Gasteiger partial charge in [0.2, 0.25) is 0 Å². The van der Waals surface area contributed by atoms with Crippen LogP contribution in [0, 0.1) is 0 Å². The molecule has 2 unspecified atom stereocenters. The molecular formula is C75H46N6O. The second kappa shape index (κ2) is 18.1. The van der Waals surface area contributed by atoms with E-state index in [0.717, 1.165) is 67.1 Å². The highest BCUT2D eigenvalue weighted by atomic mass is 16.5. The summed E-state index contributed by atoms with van der Waals surface area (Å²) in [4.78, 5) is 31.0. The fourth-order valence-corrected chi connectivity index (χ4v) is 13.6. The fourth-order valence-electron chi connectivity index (χ4n) is 13.6. The zero-order valence-corrected chi connectivity index (χ0v) is 44.1. The maximum atomic E-state index is 6.75. The van der Waals surface area contributed by atoms with Gasteiger partial charge in [-0.05, 0) is 97.1 Å². The summed E-state index contributed by atoms with van der Waals surface area (Å²) in [6.07, 6.45) is 0. The summed E-state index contributed by atoms with van der Waals surface area (Å²) < 4.78 is 6.75. The number of ether oxygens (including phenoxy) is 1. The molecule has 13 aromatic rings. The van der Waals surface area contributed by atoms with E-state index in [-0.39, 0.29) is 11.8 Å². The average molecular weight is 1050 g/mol. The molecule has 2 bridgehead atoms. The zero-order valence-electron chi connectivity index (χ0n) is 44.1. The predicted molar refractivity (Wildman–Crippen MR) is 323 cm³/mol. The lowest BCUT2D eigenvalue weighted by atomic mass is 9.61. The lowest BCUT2D eigenvalue weighted by Gasteiger charge is -2.42. The molecule has 0 radical (unpaired) electrons. The Morgan fingerprint density at radius 1 is 0.232 bits per heavy atom. The van der Waals surface area contributed by atoms with Gasteiger partial charge in [-0.25, -0.2) is 29.9 Å². The van der Waals surface area contributed by atoms with Gasteiger partial charge in [0.05, 0.1) is 5.41 Å². The minimum Gasteiger partial charge on any atom is -0.457 e. The van der Waals surface area contributed by atoms with Gasteiger partial charge < -0.3 is 4.74 Å². The van der Waals surface area contributed by atoms with Crippen molar-refractivity contribution in [3.05, 3.63) is 323 Å². The van der Waals surface area contributed by atoms with Crippen molar-refractivity contribution < 1.29 is 4.74 Å². The number of nitrogens with zero attached hydrogens (tertiary/aromatic N) is 6. The molecule has 3 heterocycles. The van der Waals surface area contributed by atoms with E-state index in [4.69, 9.17) is 34.6 Å². The fraction of sp³-hybridized carbons (Fsp3) is 0.0400. The monoisotopic (exact) mass is 1050 g/mol. The molecule has 2 aromatic heterocycles. The topological polar surface area (TPSA) is 86.6 Å². The van der Waals surface area contributed by atoms with E-state index in [0.29, 0.717) is 34.9 Å². The molecule has 82 heavy (non-hydrogen) atoms. The van der Waals surface area contributed by atoms with Crippen LogP contribution in [0.15, 0.2) is 267 Å². The van der Waals surface area contributed by atoms with Gasteiger partial charge in [-0.1, -0.05) is 237 Å². The molecule has 382 valence electrons. The van der Waals surface area contributed by atoms with Gasteiger partial charge in [0, 0.05) is 56.3 Å². The highest BCUT2D eigenvalue weighted by Gasteiger charge is 2.51.